The Balaban J connectivity index is 1.85. The number of carbonyl (C=O) groups is 1. The van der Waals surface area contributed by atoms with Gasteiger partial charge in [-0.05, 0) is 61.6 Å². The monoisotopic (exact) mass is 438 g/mol. The molecule has 0 aliphatic heterocycles. The Morgan fingerprint density at radius 3 is 2.62 bits per heavy atom. The number of hydrogen-bond donors (Lipinski definition) is 2. The maximum atomic E-state index is 14.3. The molecular formula is C21H24ClFN2O3S. The van der Waals surface area contributed by atoms with Crippen LogP contribution < -0.4 is 10.0 Å². The molecule has 0 bridgehead atoms. The summed E-state index contributed by atoms with van der Waals surface area (Å²) in [5.74, 6) is -1.31. The number of amides is 1. The van der Waals surface area contributed by atoms with Crippen molar-refractivity contribution in [2.75, 3.05) is 5.32 Å². The summed E-state index contributed by atoms with van der Waals surface area (Å²) in [6.45, 7) is 3.74. The largest absolute Gasteiger partial charge is 0.322 e. The highest BCUT2D eigenvalue weighted by Crippen LogP contribution is 2.27. The van der Waals surface area contributed by atoms with Gasteiger partial charge in [0, 0.05) is 16.8 Å². The first-order valence-electron chi connectivity index (χ1n) is 9.57. The van der Waals surface area contributed by atoms with Crippen molar-refractivity contribution in [3.05, 3.63) is 58.4 Å². The highest BCUT2D eigenvalue weighted by atomic mass is 35.5. The number of sulfonamides is 1. The molecule has 2 N–H and O–H groups in total. The summed E-state index contributed by atoms with van der Waals surface area (Å²) >= 11 is 6.05. The Labute approximate surface area is 175 Å². The summed E-state index contributed by atoms with van der Waals surface area (Å²) in [4.78, 5) is 12.5. The Hall–Kier alpha value is -1.96. The Morgan fingerprint density at radius 1 is 1.17 bits per heavy atom. The number of halogens is 2. The van der Waals surface area contributed by atoms with E-state index in [1.54, 1.807) is 25.1 Å². The molecule has 0 radical (unpaired) electrons. The van der Waals surface area contributed by atoms with E-state index in [2.05, 4.69) is 10.0 Å². The average Bonchev–Trinajstić information content (AvgIpc) is 2.67. The van der Waals surface area contributed by atoms with Gasteiger partial charge < -0.3 is 5.32 Å². The van der Waals surface area contributed by atoms with Crippen LogP contribution in [0.15, 0.2) is 41.3 Å². The van der Waals surface area contributed by atoms with E-state index < -0.39 is 21.7 Å². The van der Waals surface area contributed by atoms with Crippen molar-refractivity contribution in [3.63, 3.8) is 0 Å². The van der Waals surface area contributed by atoms with Gasteiger partial charge >= 0.3 is 0 Å². The van der Waals surface area contributed by atoms with Gasteiger partial charge in [0.05, 0.1) is 10.5 Å². The summed E-state index contributed by atoms with van der Waals surface area (Å²) in [7, 11) is -3.87. The molecule has 5 nitrogen and oxygen atoms in total. The summed E-state index contributed by atoms with van der Waals surface area (Å²) in [6, 6.07) is 8.07. The fourth-order valence-corrected chi connectivity index (χ4v) is 5.12. The predicted octanol–water partition coefficient (Wildman–Crippen LogP) is 4.90. The van der Waals surface area contributed by atoms with E-state index in [1.165, 1.54) is 6.07 Å². The van der Waals surface area contributed by atoms with E-state index in [9.17, 15) is 17.6 Å². The van der Waals surface area contributed by atoms with Crippen molar-refractivity contribution in [1.29, 1.82) is 0 Å². The topological polar surface area (TPSA) is 75.3 Å². The second-order valence-electron chi connectivity index (χ2n) is 7.50. The number of hydrogen-bond acceptors (Lipinski definition) is 3. The second-order valence-corrected chi connectivity index (χ2v) is 9.62. The summed E-state index contributed by atoms with van der Waals surface area (Å²) in [6.07, 6.45) is 3.78. The van der Waals surface area contributed by atoms with Gasteiger partial charge in [0.25, 0.3) is 5.91 Å². The van der Waals surface area contributed by atoms with Crippen LogP contribution in [0.5, 0.6) is 0 Å². The van der Waals surface area contributed by atoms with Crippen LogP contribution in [0.1, 0.15) is 48.5 Å². The number of rotatable bonds is 5. The fourth-order valence-electron chi connectivity index (χ4n) is 3.54. The van der Waals surface area contributed by atoms with Crippen LogP contribution in [0.3, 0.4) is 0 Å². The molecule has 1 saturated carbocycles. The standard InChI is InChI=1S/C21H24ClFN2O3S/c1-13-6-3-4-8-19(13)25-29(27,28)15-10-11-18(23)16(12-15)21(26)24-20-9-5-7-17(22)14(20)2/h5,7,9-13,19,25H,3-4,6,8H2,1-2H3,(H,24,26). The van der Waals surface area contributed by atoms with E-state index in [-0.39, 0.29) is 22.4 Å². The van der Waals surface area contributed by atoms with Gasteiger partial charge in [0.15, 0.2) is 0 Å². The Kier molecular flexibility index (Phi) is 6.61. The number of benzene rings is 2. The van der Waals surface area contributed by atoms with Crippen LogP contribution in [-0.2, 0) is 10.0 Å². The lowest BCUT2D eigenvalue weighted by molar-refractivity contribution is 0.102. The predicted molar refractivity (Wildman–Crippen MR) is 112 cm³/mol. The molecule has 2 aromatic rings. The normalized spacial score (nSPS) is 19.7. The highest BCUT2D eigenvalue weighted by Gasteiger charge is 2.28. The van der Waals surface area contributed by atoms with Gasteiger partial charge in [-0.3, -0.25) is 4.79 Å². The zero-order valence-corrected chi connectivity index (χ0v) is 17.9. The molecule has 1 amide bonds. The average molecular weight is 439 g/mol. The minimum atomic E-state index is -3.87. The van der Waals surface area contributed by atoms with Crippen molar-refractivity contribution in [1.82, 2.24) is 4.72 Å². The zero-order chi connectivity index (χ0) is 21.2. The lowest BCUT2D eigenvalue weighted by Crippen LogP contribution is -2.41. The van der Waals surface area contributed by atoms with Gasteiger partial charge in [-0.1, -0.05) is 37.4 Å². The molecule has 8 heteroatoms. The van der Waals surface area contributed by atoms with E-state index in [0.29, 0.717) is 16.3 Å². The van der Waals surface area contributed by atoms with Gasteiger partial charge in [0.2, 0.25) is 10.0 Å². The molecule has 0 aromatic heterocycles. The molecule has 1 aliphatic carbocycles. The molecule has 1 aliphatic rings. The molecule has 1 fully saturated rings. The van der Waals surface area contributed by atoms with Crippen molar-refractivity contribution < 1.29 is 17.6 Å². The molecule has 29 heavy (non-hydrogen) atoms. The van der Waals surface area contributed by atoms with Gasteiger partial charge in [-0.15, -0.1) is 0 Å². The summed E-state index contributed by atoms with van der Waals surface area (Å²) in [5, 5.41) is 3.06. The van der Waals surface area contributed by atoms with E-state index >= 15 is 0 Å². The molecule has 2 atom stereocenters. The Morgan fingerprint density at radius 2 is 1.90 bits per heavy atom. The second kappa shape index (κ2) is 8.81. The van der Waals surface area contributed by atoms with E-state index in [1.807, 2.05) is 6.92 Å². The smallest absolute Gasteiger partial charge is 0.258 e. The molecule has 0 saturated heterocycles. The minimum Gasteiger partial charge on any atom is -0.322 e. The third-order valence-electron chi connectivity index (χ3n) is 5.43. The van der Waals surface area contributed by atoms with Gasteiger partial charge in [0.1, 0.15) is 5.82 Å². The van der Waals surface area contributed by atoms with E-state index in [0.717, 1.165) is 37.8 Å². The van der Waals surface area contributed by atoms with Gasteiger partial charge in [-0.2, -0.15) is 0 Å². The first-order chi connectivity index (χ1) is 13.7. The maximum absolute atomic E-state index is 14.3. The highest BCUT2D eigenvalue weighted by molar-refractivity contribution is 7.89. The van der Waals surface area contributed by atoms with Crippen LogP contribution in [0.25, 0.3) is 0 Å². The van der Waals surface area contributed by atoms with Crippen molar-refractivity contribution in [2.45, 2.75) is 50.5 Å². The van der Waals surface area contributed by atoms with Crippen LogP contribution in [0.2, 0.25) is 5.02 Å². The third-order valence-corrected chi connectivity index (χ3v) is 7.32. The number of anilines is 1. The molecule has 3 rings (SSSR count). The van der Waals surface area contributed by atoms with Crippen LogP contribution in [0.4, 0.5) is 10.1 Å². The third kappa shape index (κ3) is 4.97. The van der Waals surface area contributed by atoms with Crippen molar-refractivity contribution in [2.24, 2.45) is 5.92 Å². The first-order valence-corrected chi connectivity index (χ1v) is 11.4. The summed E-state index contributed by atoms with van der Waals surface area (Å²) < 4.78 is 42.6. The fraction of sp³-hybridized carbons (Fsp3) is 0.381. The Bertz CT molecular complexity index is 1030. The molecule has 156 valence electrons. The quantitative estimate of drug-likeness (QED) is 0.697. The molecule has 2 unspecified atom stereocenters. The molecular weight excluding hydrogens is 415 g/mol. The van der Waals surface area contributed by atoms with Crippen molar-refractivity contribution in [3.8, 4) is 0 Å². The zero-order valence-electron chi connectivity index (χ0n) is 16.3. The SMILES string of the molecule is Cc1c(Cl)cccc1NC(=O)c1cc(S(=O)(=O)NC2CCCCC2C)ccc1F. The molecule has 2 aromatic carbocycles. The lowest BCUT2D eigenvalue weighted by Gasteiger charge is -2.29. The summed E-state index contributed by atoms with van der Waals surface area (Å²) in [5.41, 5.74) is 0.730. The minimum absolute atomic E-state index is 0.135. The first kappa shape index (κ1) is 21.7. The van der Waals surface area contributed by atoms with Gasteiger partial charge in [-0.25, -0.2) is 17.5 Å². The lowest BCUT2D eigenvalue weighted by atomic mass is 9.87. The van der Waals surface area contributed by atoms with Crippen LogP contribution in [-0.4, -0.2) is 20.4 Å². The van der Waals surface area contributed by atoms with Crippen LogP contribution >= 0.6 is 11.6 Å². The number of nitrogens with one attached hydrogen (secondary N) is 2. The molecule has 0 spiro atoms. The van der Waals surface area contributed by atoms with E-state index in [4.69, 9.17) is 11.6 Å². The van der Waals surface area contributed by atoms with Crippen LogP contribution in [0, 0.1) is 18.7 Å². The van der Waals surface area contributed by atoms with Crippen molar-refractivity contribution >= 4 is 33.2 Å². The maximum Gasteiger partial charge on any atom is 0.258 e. The molecule has 0 heterocycles. The number of carbonyl (C=O) groups excluding carboxylic acids is 1.